The van der Waals surface area contributed by atoms with Crippen LogP contribution in [-0.2, 0) is 19.6 Å². The van der Waals surface area contributed by atoms with Crippen LogP contribution in [0.3, 0.4) is 0 Å². The number of halogens is 2. The summed E-state index contributed by atoms with van der Waals surface area (Å²) >= 11 is 12.5. The van der Waals surface area contributed by atoms with Gasteiger partial charge in [-0.1, -0.05) is 53.5 Å². The van der Waals surface area contributed by atoms with Gasteiger partial charge < -0.3 is 14.8 Å². The van der Waals surface area contributed by atoms with Gasteiger partial charge in [0, 0.05) is 33.4 Å². The normalized spacial score (nSPS) is 10.5. The number of hydrogen-bond acceptors (Lipinski definition) is 3. The van der Waals surface area contributed by atoms with E-state index in [9.17, 15) is 0 Å². The van der Waals surface area contributed by atoms with E-state index in [0.29, 0.717) is 36.1 Å². The van der Waals surface area contributed by atoms with E-state index in [2.05, 4.69) is 18.0 Å². The predicted molar refractivity (Wildman–Crippen MR) is 126 cm³/mol. The summed E-state index contributed by atoms with van der Waals surface area (Å²) in [6, 6.07) is 17.7. The molecule has 3 aromatic carbocycles. The Balaban J connectivity index is 1.82. The van der Waals surface area contributed by atoms with Crippen LogP contribution < -0.4 is 14.8 Å². The van der Waals surface area contributed by atoms with Crippen molar-refractivity contribution in [3.63, 3.8) is 0 Å². The van der Waals surface area contributed by atoms with Crippen LogP contribution >= 0.6 is 23.2 Å². The summed E-state index contributed by atoms with van der Waals surface area (Å²) in [5.41, 5.74) is 5.03. The predicted octanol–water partition coefficient (Wildman–Crippen LogP) is 7.23. The minimum Gasteiger partial charge on any atom is -0.493 e. The van der Waals surface area contributed by atoms with Gasteiger partial charge in [-0.15, -0.1) is 6.58 Å². The van der Waals surface area contributed by atoms with Gasteiger partial charge in [0.05, 0.1) is 7.11 Å². The van der Waals surface area contributed by atoms with E-state index in [4.69, 9.17) is 32.7 Å². The van der Waals surface area contributed by atoms with Crippen LogP contribution in [0.25, 0.3) is 0 Å². The van der Waals surface area contributed by atoms with Crippen LogP contribution in [0.15, 0.2) is 67.3 Å². The number of methoxy groups -OCH3 is 1. The molecule has 156 valence electrons. The molecule has 0 aliphatic rings. The third kappa shape index (κ3) is 5.50. The third-order valence-corrected chi connectivity index (χ3v) is 5.55. The van der Waals surface area contributed by atoms with Gasteiger partial charge in [-0.3, -0.25) is 0 Å². The lowest BCUT2D eigenvalue weighted by molar-refractivity contribution is 0.282. The molecule has 0 bridgehead atoms. The Labute approximate surface area is 188 Å². The number of aryl methyl sites for hydroxylation is 1. The van der Waals surface area contributed by atoms with Crippen LogP contribution in [0.2, 0.25) is 10.0 Å². The molecule has 5 heteroatoms. The molecule has 0 aromatic heterocycles. The van der Waals surface area contributed by atoms with Gasteiger partial charge in [-0.25, -0.2) is 0 Å². The maximum absolute atomic E-state index is 6.27. The van der Waals surface area contributed by atoms with Crippen molar-refractivity contribution in [1.82, 2.24) is 0 Å². The number of rotatable bonds is 9. The molecular formula is C25H25Cl2NO2. The van der Waals surface area contributed by atoms with E-state index in [1.165, 1.54) is 0 Å². The average molecular weight is 442 g/mol. The number of hydrogen-bond donors (Lipinski definition) is 1. The topological polar surface area (TPSA) is 30.5 Å². The molecule has 1 N–H and O–H groups in total. The first-order valence-corrected chi connectivity index (χ1v) is 10.4. The molecule has 0 atom stereocenters. The summed E-state index contributed by atoms with van der Waals surface area (Å²) in [7, 11) is 1.65. The van der Waals surface area contributed by atoms with Gasteiger partial charge in [0.2, 0.25) is 0 Å². The molecule has 30 heavy (non-hydrogen) atoms. The van der Waals surface area contributed by atoms with E-state index in [0.717, 1.165) is 33.0 Å². The molecule has 0 fully saturated rings. The second-order valence-electron chi connectivity index (χ2n) is 6.98. The largest absolute Gasteiger partial charge is 0.493 e. The monoisotopic (exact) mass is 441 g/mol. The highest BCUT2D eigenvalue weighted by Crippen LogP contribution is 2.35. The van der Waals surface area contributed by atoms with E-state index >= 15 is 0 Å². The fourth-order valence-corrected chi connectivity index (χ4v) is 3.49. The molecule has 0 radical (unpaired) electrons. The van der Waals surface area contributed by atoms with Crippen molar-refractivity contribution in [3.05, 3.63) is 99.6 Å². The summed E-state index contributed by atoms with van der Waals surface area (Å²) < 4.78 is 11.8. The Morgan fingerprint density at radius 1 is 1.00 bits per heavy atom. The molecule has 0 heterocycles. The van der Waals surface area contributed by atoms with E-state index in [-0.39, 0.29) is 0 Å². The van der Waals surface area contributed by atoms with Crippen LogP contribution in [0.5, 0.6) is 11.5 Å². The lowest BCUT2D eigenvalue weighted by Gasteiger charge is -2.17. The number of ether oxygens (including phenoxy) is 2. The Hall–Kier alpha value is -2.62. The maximum atomic E-state index is 6.27. The quantitative estimate of drug-likeness (QED) is 0.355. The van der Waals surface area contributed by atoms with Crippen LogP contribution in [-0.4, -0.2) is 7.11 Å². The summed E-state index contributed by atoms with van der Waals surface area (Å²) in [6.07, 6.45) is 2.52. The van der Waals surface area contributed by atoms with Crippen LogP contribution in [0.1, 0.15) is 22.3 Å². The van der Waals surface area contributed by atoms with Crippen molar-refractivity contribution >= 4 is 28.9 Å². The molecule has 0 spiro atoms. The Morgan fingerprint density at radius 3 is 2.50 bits per heavy atom. The molecule has 0 aliphatic carbocycles. The van der Waals surface area contributed by atoms with E-state index < -0.39 is 0 Å². The van der Waals surface area contributed by atoms with Gasteiger partial charge in [0.1, 0.15) is 6.61 Å². The zero-order valence-electron chi connectivity index (χ0n) is 17.2. The zero-order chi connectivity index (χ0) is 21.5. The summed E-state index contributed by atoms with van der Waals surface area (Å²) in [6.45, 7) is 6.85. The highest BCUT2D eigenvalue weighted by molar-refractivity contribution is 6.31. The lowest BCUT2D eigenvalue weighted by atomic mass is 10.0. The molecule has 0 saturated carbocycles. The van der Waals surface area contributed by atoms with Gasteiger partial charge in [0.25, 0.3) is 0 Å². The zero-order valence-corrected chi connectivity index (χ0v) is 18.7. The first-order chi connectivity index (χ1) is 14.5. The highest BCUT2D eigenvalue weighted by Gasteiger charge is 2.14. The number of anilines is 1. The maximum Gasteiger partial charge on any atom is 0.165 e. The molecule has 3 aromatic rings. The van der Waals surface area contributed by atoms with E-state index in [1.807, 2.05) is 61.5 Å². The third-order valence-electron chi connectivity index (χ3n) is 4.77. The van der Waals surface area contributed by atoms with Crippen molar-refractivity contribution in [2.24, 2.45) is 0 Å². The lowest BCUT2D eigenvalue weighted by Crippen LogP contribution is -2.05. The SMILES string of the molecule is C=CCc1cc(CNc2ccc(C)c(Cl)c2)cc(OC)c1OCc1ccccc1Cl. The van der Waals surface area contributed by atoms with Gasteiger partial charge in [-0.2, -0.15) is 0 Å². The fourth-order valence-electron chi connectivity index (χ4n) is 3.12. The second-order valence-corrected chi connectivity index (χ2v) is 7.79. The average Bonchev–Trinajstić information content (AvgIpc) is 2.74. The number of benzene rings is 3. The van der Waals surface area contributed by atoms with Crippen molar-refractivity contribution in [1.29, 1.82) is 0 Å². The first kappa shape index (κ1) is 22.1. The van der Waals surface area contributed by atoms with Crippen LogP contribution in [0, 0.1) is 6.92 Å². The Bertz CT molecular complexity index is 1030. The standard InChI is InChI=1S/C25H25Cl2NO2/c1-4-7-19-12-18(15-28-21-11-10-17(2)23(27)14-21)13-24(29-3)25(19)30-16-20-8-5-6-9-22(20)26/h4-6,8-14,28H,1,7,15-16H2,2-3H3. The minimum atomic E-state index is 0.361. The summed E-state index contributed by atoms with van der Waals surface area (Å²) in [4.78, 5) is 0. The van der Waals surface area contributed by atoms with Gasteiger partial charge in [0.15, 0.2) is 11.5 Å². The molecular weight excluding hydrogens is 417 g/mol. The van der Waals surface area contributed by atoms with E-state index in [1.54, 1.807) is 7.11 Å². The van der Waals surface area contributed by atoms with Crippen molar-refractivity contribution in [3.8, 4) is 11.5 Å². The molecule has 3 rings (SSSR count). The van der Waals surface area contributed by atoms with Crippen molar-refractivity contribution < 1.29 is 9.47 Å². The Kier molecular flexibility index (Phi) is 7.67. The molecule has 0 aliphatic heterocycles. The summed E-state index contributed by atoms with van der Waals surface area (Å²) in [5.74, 6) is 1.39. The number of allylic oxidation sites excluding steroid dienone is 1. The van der Waals surface area contributed by atoms with Crippen molar-refractivity contribution in [2.45, 2.75) is 26.5 Å². The fraction of sp³-hybridized carbons (Fsp3) is 0.200. The second kappa shape index (κ2) is 10.4. The Morgan fingerprint density at radius 2 is 1.80 bits per heavy atom. The van der Waals surface area contributed by atoms with Crippen LogP contribution in [0.4, 0.5) is 5.69 Å². The first-order valence-electron chi connectivity index (χ1n) is 9.68. The molecule has 0 saturated heterocycles. The van der Waals surface area contributed by atoms with Crippen molar-refractivity contribution in [2.75, 3.05) is 12.4 Å². The smallest absolute Gasteiger partial charge is 0.165 e. The minimum absolute atomic E-state index is 0.361. The number of nitrogens with one attached hydrogen (secondary N) is 1. The molecule has 0 unspecified atom stereocenters. The molecule has 3 nitrogen and oxygen atoms in total. The van der Waals surface area contributed by atoms with Gasteiger partial charge >= 0.3 is 0 Å². The molecule has 0 amide bonds. The van der Waals surface area contributed by atoms with Gasteiger partial charge in [-0.05, 0) is 54.8 Å². The highest BCUT2D eigenvalue weighted by atomic mass is 35.5. The summed E-state index contributed by atoms with van der Waals surface area (Å²) in [5, 5.41) is 4.83.